The lowest BCUT2D eigenvalue weighted by Gasteiger charge is -2.32. The van der Waals surface area contributed by atoms with Crippen LogP contribution in [0.2, 0.25) is 0 Å². The van der Waals surface area contributed by atoms with Crippen molar-refractivity contribution in [2.24, 2.45) is 5.92 Å². The van der Waals surface area contributed by atoms with Gasteiger partial charge in [-0.1, -0.05) is 68.8 Å². The number of likely N-dealkylation sites (tertiary alicyclic amines) is 1. The molecule has 0 radical (unpaired) electrons. The summed E-state index contributed by atoms with van der Waals surface area (Å²) in [6.07, 6.45) is 4.14. The van der Waals surface area contributed by atoms with Gasteiger partial charge in [0.1, 0.15) is 11.6 Å². The van der Waals surface area contributed by atoms with Crippen molar-refractivity contribution >= 4 is 23.4 Å². The molecule has 8 nitrogen and oxygen atoms in total. The summed E-state index contributed by atoms with van der Waals surface area (Å²) in [5, 5.41) is 10.8. The van der Waals surface area contributed by atoms with Gasteiger partial charge in [-0.25, -0.2) is 9.48 Å². The number of hydrogen-bond donors (Lipinski definition) is 2. The van der Waals surface area contributed by atoms with Gasteiger partial charge >= 0.3 is 6.03 Å². The van der Waals surface area contributed by atoms with E-state index in [1.165, 1.54) is 5.56 Å². The lowest BCUT2D eigenvalue weighted by Crippen LogP contribution is -2.39. The summed E-state index contributed by atoms with van der Waals surface area (Å²) in [6, 6.07) is 25.6. The lowest BCUT2D eigenvalue weighted by molar-refractivity contribution is -0.132. The molecule has 0 saturated carbocycles. The molecule has 0 bridgehead atoms. The van der Waals surface area contributed by atoms with Crippen molar-refractivity contribution in [2.75, 3.05) is 30.8 Å². The number of nitrogens with one attached hydrogen (secondary N) is 2. The highest BCUT2D eigenvalue weighted by Crippen LogP contribution is 2.27. The van der Waals surface area contributed by atoms with Gasteiger partial charge in [-0.3, -0.25) is 10.1 Å². The van der Waals surface area contributed by atoms with Gasteiger partial charge in [0.15, 0.2) is 0 Å². The summed E-state index contributed by atoms with van der Waals surface area (Å²) in [4.78, 5) is 27.9. The second kappa shape index (κ2) is 14.0. The molecular weight excluding hydrogens is 562 g/mol. The van der Waals surface area contributed by atoms with Crippen LogP contribution in [-0.4, -0.2) is 46.8 Å². The quantitative estimate of drug-likeness (QED) is 0.206. The zero-order chi connectivity index (χ0) is 32.0. The molecule has 0 atom stereocenters. The number of carbonyl (C=O) groups is 2. The van der Waals surface area contributed by atoms with Crippen molar-refractivity contribution < 1.29 is 14.3 Å². The third kappa shape index (κ3) is 8.32. The Kier molecular flexibility index (Phi) is 9.91. The minimum Gasteiger partial charge on any atom is -0.496 e. The van der Waals surface area contributed by atoms with Crippen LogP contribution in [0.3, 0.4) is 0 Å². The number of rotatable bonds is 9. The van der Waals surface area contributed by atoms with E-state index in [1.807, 2.05) is 78.6 Å². The van der Waals surface area contributed by atoms with E-state index < -0.39 is 0 Å². The number of ether oxygens (including phenoxy) is 1. The summed E-state index contributed by atoms with van der Waals surface area (Å²) < 4.78 is 7.21. The molecule has 0 unspecified atom stereocenters. The Balaban J connectivity index is 1.11. The van der Waals surface area contributed by atoms with Crippen molar-refractivity contribution in [3.8, 4) is 11.4 Å². The lowest BCUT2D eigenvalue weighted by atomic mass is 9.90. The van der Waals surface area contributed by atoms with Gasteiger partial charge in [0.05, 0.1) is 18.5 Å². The number of hydrogen-bond acceptors (Lipinski definition) is 4. The first-order valence-corrected chi connectivity index (χ1v) is 15.8. The number of para-hydroxylation sites is 1. The van der Waals surface area contributed by atoms with E-state index in [0.717, 1.165) is 66.3 Å². The fourth-order valence-corrected chi connectivity index (χ4v) is 5.75. The molecule has 2 N–H and O–H groups in total. The first kappa shape index (κ1) is 31.8. The van der Waals surface area contributed by atoms with Crippen LogP contribution >= 0.6 is 0 Å². The van der Waals surface area contributed by atoms with Crippen LogP contribution in [0.1, 0.15) is 62.4 Å². The molecule has 0 spiro atoms. The van der Waals surface area contributed by atoms with E-state index in [2.05, 4.69) is 43.5 Å². The summed E-state index contributed by atoms with van der Waals surface area (Å²) in [5.41, 5.74) is 5.81. The summed E-state index contributed by atoms with van der Waals surface area (Å²) in [5.74, 6) is 2.20. The molecule has 8 heteroatoms. The Labute approximate surface area is 266 Å². The van der Waals surface area contributed by atoms with E-state index in [0.29, 0.717) is 24.6 Å². The zero-order valence-corrected chi connectivity index (χ0v) is 27.1. The van der Waals surface area contributed by atoms with E-state index in [1.54, 1.807) is 11.8 Å². The average molecular weight is 608 g/mol. The molecule has 1 aliphatic rings. The second-order valence-electron chi connectivity index (χ2n) is 13.0. The molecule has 45 heavy (non-hydrogen) atoms. The highest BCUT2D eigenvalue weighted by Gasteiger charge is 2.24. The fourth-order valence-electron chi connectivity index (χ4n) is 5.75. The molecule has 1 fully saturated rings. The molecule has 4 aromatic rings. The first-order chi connectivity index (χ1) is 21.6. The Hall–Kier alpha value is -4.59. The van der Waals surface area contributed by atoms with E-state index in [-0.39, 0.29) is 17.4 Å². The smallest absolute Gasteiger partial charge is 0.324 e. The van der Waals surface area contributed by atoms with Crippen molar-refractivity contribution in [1.82, 2.24) is 14.7 Å². The zero-order valence-electron chi connectivity index (χ0n) is 27.1. The minimum absolute atomic E-state index is 0.165. The Morgan fingerprint density at radius 3 is 2.29 bits per heavy atom. The first-order valence-electron chi connectivity index (χ1n) is 15.8. The van der Waals surface area contributed by atoms with Crippen LogP contribution in [0, 0.1) is 12.8 Å². The maximum Gasteiger partial charge on any atom is 0.324 e. The van der Waals surface area contributed by atoms with Crippen molar-refractivity contribution in [2.45, 2.75) is 65.2 Å². The number of carbonyl (C=O) groups excluding carboxylic acids is 2. The molecule has 3 amide bonds. The molecule has 1 aromatic heterocycles. The van der Waals surface area contributed by atoms with Gasteiger partial charge in [0.25, 0.3) is 0 Å². The van der Waals surface area contributed by atoms with Crippen LogP contribution in [-0.2, 0) is 23.1 Å². The standard InChI is InChI=1S/C37H45N5O3/c1-26-10-17-31(18-11-26)42-34(25-33(40-42)37(2,3)4)39-36(44)38-30-15-12-27(13-16-30)24-28-20-22-41(23-21-28)35(43)19-14-29-8-6-7-9-32(29)45-5/h6-13,15-18,25,28H,14,19-24H2,1-5H3,(H2,38,39,44). The Bertz CT molecular complexity index is 1590. The van der Waals surface area contributed by atoms with E-state index in [4.69, 9.17) is 9.84 Å². The van der Waals surface area contributed by atoms with Gasteiger partial charge in [-0.15, -0.1) is 0 Å². The molecule has 1 saturated heterocycles. The number of anilines is 2. The Morgan fingerprint density at radius 1 is 0.933 bits per heavy atom. The predicted octanol–water partition coefficient (Wildman–Crippen LogP) is 7.54. The number of nitrogens with zero attached hydrogens (tertiary/aromatic N) is 3. The van der Waals surface area contributed by atoms with Crippen LogP contribution in [0.4, 0.5) is 16.3 Å². The van der Waals surface area contributed by atoms with Crippen LogP contribution in [0.25, 0.3) is 5.69 Å². The highest BCUT2D eigenvalue weighted by atomic mass is 16.5. The number of benzene rings is 3. The van der Waals surface area contributed by atoms with Crippen LogP contribution in [0.15, 0.2) is 78.9 Å². The van der Waals surface area contributed by atoms with Crippen molar-refractivity contribution in [1.29, 1.82) is 0 Å². The predicted molar refractivity (Wildman–Crippen MR) is 180 cm³/mol. The normalized spacial score (nSPS) is 13.8. The molecule has 0 aliphatic carbocycles. The highest BCUT2D eigenvalue weighted by molar-refractivity contribution is 5.99. The summed E-state index contributed by atoms with van der Waals surface area (Å²) in [6.45, 7) is 9.95. The molecule has 2 heterocycles. The van der Waals surface area contributed by atoms with Gasteiger partial charge in [-0.05, 0) is 80.0 Å². The number of amides is 3. The molecule has 1 aliphatic heterocycles. The maximum absolute atomic E-state index is 13.0. The molecule has 236 valence electrons. The number of piperidine rings is 1. The number of aryl methyl sites for hydroxylation is 2. The SMILES string of the molecule is COc1ccccc1CCC(=O)N1CCC(Cc2ccc(NC(=O)Nc3cc(C(C)(C)C)nn3-c3ccc(C)cc3)cc2)CC1. The van der Waals surface area contributed by atoms with Gasteiger partial charge < -0.3 is 15.0 Å². The van der Waals surface area contributed by atoms with Gasteiger partial charge in [-0.2, -0.15) is 5.10 Å². The summed E-state index contributed by atoms with van der Waals surface area (Å²) >= 11 is 0. The minimum atomic E-state index is -0.320. The van der Waals surface area contributed by atoms with Crippen LogP contribution in [0.5, 0.6) is 5.75 Å². The average Bonchev–Trinajstić information content (AvgIpc) is 3.46. The third-order valence-corrected chi connectivity index (χ3v) is 8.50. The van der Waals surface area contributed by atoms with E-state index in [9.17, 15) is 9.59 Å². The van der Waals surface area contributed by atoms with Gasteiger partial charge in [0.2, 0.25) is 5.91 Å². The fraction of sp³-hybridized carbons (Fsp3) is 0.378. The number of urea groups is 1. The largest absolute Gasteiger partial charge is 0.496 e. The number of aromatic nitrogens is 2. The van der Waals surface area contributed by atoms with Gasteiger partial charge in [0, 0.05) is 36.7 Å². The van der Waals surface area contributed by atoms with Crippen molar-refractivity contribution in [3.63, 3.8) is 0 Å². The topological polar surface area (TPSA) is 88.5 Å². The molecule has 3 aromatic carbocycles. The monoisotopic (exact) mass is 607 g/mol. The van der Waals surface area contributed by atoms with Crippen molar-refractivity contribution in [3.05, 3.63) is 101 Å². The summed E-state index contributed by atoms with van der Waals surface area (Å²) in [7, 11) is 1.67. The second-order valence-corrected chi connectivity index (χ2v) is 13.0. The molecule has 5 rings (SSSR count). The van der Waals surface area contributed by atoms with Crippen LogP contribution < -0.4 is 15.4 Å². The number of methoxy groups -OCH3 is 1. The third-order valence-electron chi connectivity index (χ3n) is 8.50. The Morgan fingerprint density at radius 2 is 1.62 bits per heavy atom. The van der Waals surface area contributed by atoms with E-state index >= 15 is 0 Å². The maximum atomic E-state index is 13.0. The molecular formula is C37H45N5O3.